The summed E-state index contributed by atoms with van der Waals surface area (Å²) >= 11 is 1.20. The smallest absolute Gasteiger partial charge is 0.308 e. The molecule has 0 aliphatic rings. The first kappa shape index (κ1) is 23.6. The number of halogens is 4. The van der Waals surface area contributed by atoms with Crippen molar-refractivity contribution < 1.29 is 30.8 Å². The van der Waals surface area contributed by atoms with Crippen LogP contribution in [0.1, 0.15) is 5.01 Å². The van der Waals surface area contributed by atoms with Crippen LogP contribution in [0.5, 0.6) is 0 Å². The zero-order valence-corrected chi connectivity index (χ0v) is 17.7. The van der Waals surface area contributed by atoms with Crippen LogP contribution in [-0.4, -0.2) is 31.5 Å². The molecular formula is C19H16F4N4O3S2. The second-order valence-electron chi connectivity index (χ2n) is 6.35. The van der Waals surface area contributed by atoms with E-state index in [0.717, 1.165) is 5.56 Å². The molecule has 7 nitrogen and oxygen atoms in total. The first-order valence-electron chi connectivity index (χ1n) is 8.99. The molecule has 0 spiro atoms. The lowest BCUT2D eigenvalue weighted by Crippen LogP contribution is -2.37. The first-order valence-corrected chi connectivity index (χ1v) is 11.3. The topological polar surface area (TPSA) is 100 Å². The summed E-state index contributed by atoms with van der Waals surface area (Å²) in [6.07, 6.45) is 1.52. The van der Waals surface area contributed by atoms with Crippen LogP contribution < -0.4 is 15.4 Å². The fourth-order valence-electron chi connectivity index (χ4n) is 2.50. The third-order valence-corrected chi connectivity index (χ3v) is 6.34. The molecule has 0 radical (unpaired) electrons. The van der Waals surface area contributed by atoms with Crippen molar-refractivity contribution in [3.63, 3.8) is 0 Å². The second kappa shape index (κ2) is 9.63. The van der Waals surface area contributed by atoms with Gasteiger partial charge in [-0.25, -0.2) is 27.3 Å². The van der Waals surface area contributed by atoms with Crippen molar-refractivity contribution in [2.24, 2.45) is 0 Å². The van der Waals surface area contributed by atoms with Crippen molar-refractivity contribution >= 4 is 38.8 Å². The Labute approximate surface area is 184 Å². The molecule has 0 saturated heterocycles. The number of aromatic nitrogens is 1. The van der Waals surface area contributed by atoms with Crippen LogP contribution in [0, 0.1) is 5.82 Å². The van der Waals surface area contributed by atoms with E-state index in [2.05, 4.69) is 15.6 Å². The third-order valence-electron chi connectivity index (χ3n) is 4.04. The van der Waals surface area contributed by atoms with Gasteiger partial charge < -0.3 is 10.6 Å². The molecule has 0 unspecified atom stereocenters. The van der Waals surface area contributed by atoms with Gasteiger partial charge in [0.15, 0.2) is 0 Å². The molecule has 3 rings (SSSR count). The molecule has 1 aromatic heterocycles. The lowest BCUT2D eigenvalue weighted by molar-refractivity contribution is -0.0447. The summed E-state index contributed by atoms with van der Waals surface area (Å²) in [4.78, 5) is 16.8. The van der Waals surface area contributed by atoms with E-state index in [4.69, 9.17) is 0 Å². The van der Waals surface area contributed by atoms with E-state index in [9.17, 15) is 30.8 Å². The van der Waals surface area contributed by atoms with Crippen LogP contribution in [0.25, 0.3) is 10.4 Å². The number of para-hydroxylation sites is 1. The number of hydrogen-bond acceptors (Lipinski definition) is 5. The van der Waals surface area contributed by atoms with Gasteiger partial charge in [0, 0.05) is 24.8 Å². The summed E-state index contributed by atoms with van der Waals surface area (Å²) in [7, 11) is -5.38. The Bertz CT molecular complexity index is 1200. The van der Waals surface area contributed by atoms with E-state index in [-0.39, 0.29) is 12.1 Å². The molecule has 2 amide bonds. The largest absolute Gasteiger partial charge is 0.511 e. The third kappa shape index (κ3) is 6.02. The number of alkyl halides is 3. The predicted octanol–water partition coefficient (Wildman–Crippen LogP) is 4.57. The Hall–Kier alpha value is -3.03. The van der Waals surface area contributed by atoms with Gasteiger partial charge >= 0.3 is 21.6 Å². The number of urea groups is 1. The fraction of sp³-hybridized carbons (Fsp3) is 0.158. The van der Waals surface area contributed by atoms with Crippen molar-refractivity contribution in [2.45, 2.75) is 11.9 Å². The monoisotopic (exact) mass is 488 g/mol. The molecule has 32 heavy (non-hydrogen) atoms. The number of thiazole rings is 1. The Balaban J connectivity index is 1.56. The number of benzene rings is 2. The molecule has 3 N–H and O–H groups in total. The first-order chi connectivity index (χ1) is 15.0. The molecule has 0 atom stereocenters. The molecule has 170 valence electrons. The molecule has 0 aliphatic carbocycles. The van der Waals surface area contributed by atoms with E-state index in [0.29, 0.717) is 15.6 Å². The van der Waals surface area contributed by atoms with Gasteiger partial charge in [-0.2, -0.15) is 13.2 Å². The van der Waals surface area contributed by atoms with Gasteiger partial charge in [-0.1, -0.05) is 24.3 Å². The summed E-state index contributed by atoms with van der Waals surface area (Å²) in [5, 5.41) is 5.42. The van der Waals surface area contributed by atoms with Crippen molar-refractivity contribution in [3.8, 4) is 10.4 Å². The average molecular weight is 488 g/mol. The van der Waals surface area contributed by atoms with Crippen LogP contribution in [-0.2, 0) is 16.4 Å². The predicted molar refractivity (Wildman–Crippen MR) is 113 cm³/mol. The van der Waals surface area contributed by atoms with Gasteiger partial charge in [0.05, 0.1) is 15.6 Å². The maximum absolute atomic E-state index is 13.6. The molecule has 0 aliphatic heterocycles. The Morgan fingerprint density at radius 2 is 1.72 bits per heavy atom. The molecule has 0 saturated carbocycles. The van der Waals surface area contributed by atoms with Crippen LogP contribution in [0.2, 0.25) is 0 Å². The summed E-state index contributed by atoms with van der Waals surface area (Å²) in [6.45, 7) is -0.436. The van der Waals surface area contributed by atoms with Crippen molar-refractivity contribution in [3.05, 3.63) is 65.6 Å². The zero-order chi connectivity index (χ0) is 23.4. The zero-order valence-electron chi connectivity index (χ0n) is 16.1. The van der Waals surface area contributed by atoms with Crippen LogP contribution in [0.15, 0.2) is 54.7 Å². The van der Waals surface area contributed by atoms with Gasteiger partial charge in [0.1, 0.15) is 5.82 Å². The minimum absolute atomic E-state index is 0.00413. The standard InChI is InChI=1S/C19H16F4N4O3S2/c20-14-3-1-2-4-15(14)27-18(28)26-13-7-5-12(6-8-13)16-11-24-17(31-16)9-10-25-32(29,30)19(21,22)23/h1-8,11,25H,9-10H2,(H2,26,27,28). The highest BCUT2D eigenvalue weighted by Gasteiger charge is 2.45. The van der Waals surface area contributed by atoms with Gasteiger partial charge in [0.25, 0.3) is 0 Å². The van der Waals surface area contributed by atoms with Gasteiger partial charge in [-0.05, 0) is 29.8 Å². The van der Waals surface area contributed by atoms with E-state index in [1.54, 1.807) is 30.3 Å². The fourth-order valence-corrected chi connectivity index (χ4v) is 3.96. The number of amides is 2. The molecule has 2 aromatic carbocycles. The normalized spacial score (nSPS) is 11.9. The van der Waals surface area contributed by atoms with Gasteiger partial charge in [0.2, 0.25) is 0 Å². The van der Waals surface area contributed by atoms with Crippen LogP contribution >= 0.6 is 11.3 Å². The van der Waals surface area contributed by atoms with Crippen molar-refractivity contribution in [1.82, 2.24) is 9.71 Å². The summed E-state index contributed by atoms with van der Waals surface area (Å²) in [5.74, 6) is -0.565. The molecule has 3 aromatic rings. The number of hydrogen-bond donors (Lipinski definition) is 3. The van der Waals surface area contributed by atoms with Crippen molar-refractivity contribution in [2.75, 3.05) is 17.2 Å². The minimum atomic E-state index is -5.38. The Morgan fingerprint density at radius 3 is 2.38 bits per heavy atom. The van der Waals surface area contributed by atoms with Gasteiger partial charge in [-0.15, -0.1) is 11.3 Å². The summed E-state index contributed by atoms with van der Waals surface area (Å²) < 4.78 is 74.0. The minimum Gasteiger partial charge on any atom is -0.308 e. The number of nitrogens with one attached hydrogen (secondary N) is 3. The lowest BCUT2D eigenvalue weighted by Gasteiger charge is -2.08. The molecule has 0 fully saturated rings. The average Bonchev–Trinajstić information content (AvgIpc) is 3.18. The maximum atomic E-state index is 13.6. The van der Waals surface area contributed by atoms with E-state index < -0.39 is 33.9 Å². The molecular weight excluding hydrogens is 472 g/mol. The van der Waals surface area contributed by atoms with Crippen LogP contribution in [0.4, 0.5) is 33.7 Å². The van der Waals surface area contributed by atoms with Gasteiger partial charge in [-0.3, -0.25) is 0 Å². The summed E-state index contributed by atoms with van der Waals surface area (Å²) in [5.41, 5.74) is -4.13. The van der Waals surface area contributed by atoms with E-state index in [1.165, 1.54) is 40.5 Å². The number of carbonyl (C=O) groups excluding carboxylic acids is 1. The van der Waals surface area contributed by atoms with Crippen LogP contribution in [0.3, 0.4) is 0 Å². The molecule has 1 heterocycles. The quantitative estimate of drug-likeness (QED) is 0.424. The Kier molecular flexibility index (Phi) is 7.11. The van der Waals surface area contributed by atoms with E-state index >= 15 is 0 Å². The highest BCUT2D eigenvalue weighted by molar-refractivity contribution is 7.90. The molecule has 0 bridgehead atoms. The number of carbonyl (C=O) groups is 1. The number of anilines is 2. The number of sulfonamides is 1. The van der Waals surface area contributed by atoms with Crippen molar-refractivity contribution in [1.29, 1.82) is 0 Å². The number of nitrogens with zero attached hydrogens (tertiary/aromatic N) is 1. The molecule has 13 heteroatoms. The Morgan fingerprint density at radius 1 is 1.03 bits per heavy atom. The maximum Gasteiger partial charge on any atom is 0.511 e. The SMILES string of the molecule is O=C(Nc1ccc(-c2cnc(CCNS(=O)(=O)C(F)(F)F)s2)cc1)Nc1ccccc1F. The second-order valence-corrected chi connectivity index (χ2v) is 9.22. The number of rotatable bonds is 7. The van der Waals surface area contributed by atoms with E-state index in [1.807, 2.05) is 0 Å². The lowest BCUT2D eigenvalue weighted by atomic mass is 10.2. The highest BCUT2D eigenvalue weighted by Crippen LogP contribution is 2.28. The summed E-state index contributed by atoms with van der Waals surface area (Å²) in [6, 6.07) is 11.7. The highest BCUT2D eigenvalue weighted by atomic mass is 32.2.